The first-order valence-electron chi connectivity index (χ1n) is 5.76. The zero-order chi connectivity index (χ0) is 14.9. The zero-order valence-corrected chi connectivity index (χ0v) is 14.7. The molecule has 10 heteroatoms. The maximum atomic E-state index is 11.9. The van der Waals surface area contributed by atoms with Crippen LogP contribution in [0.3, 0.4) is 0 Å². The van der Waals surface area contributed by atoms with Crippen LogP contribution in [0.2, 0.25) is 0 Å². The van der Waals surface area contributed by atoms with Crippen molar-refractivity contribution < 1.29 is 13.2 Å². The fourth-order valence-electron chi connectivity index (χ4n) is 1.55. The van der Waals surface area contributed by atoms with E-state index in [1.807, 2.05) is 19.0 Å². The van der Waals surface area contributed by atoms with Gasteiger partial charge >= 0.3 is 0 Å². The highest BCUT2D eigenvalue weighted by molar-refractivity contribution is 7.91. The number of nitrogens with zero attached hydrogens (tertiary/aromatic N) is 1. The molecule has 6 nitrogen and oxygen atoms in total. The minimum absolute atomic E-state index is 0. The summed E-state index contributed by atoms with van der Waals surface area (Å²) in [7, 11) is 0.193. The number of halogens is 1. The number of nitrogens with two attached hydrogens (primary N) is 1. The lowest BCUT2D eigenvalue weighted by Crippen LogP contribution is -2.30. The van der Waals surface area contributed by atoms with Gasteiger partial charge in [0.15, 0.2) is 0 Å². The quantitative estimate of drug-likeness (QED) is 0.831. The number of likely N-dealkylation sites (N-methyl/N-ethyl adjacent to an activating group) is 1. The van der Waals surface area contributed by atoms with Crippen molar-refractivity contribution in [3.05, 3.63) is 17.0 Å². The predicted octanol–water partition coefficient (Wildman–Crippen LogP) is 1.32. The molecule has 0 bridgehead atoms. The van der Waals surface area contributed by atoms with E-state index >= 15 is 0 Å². The molecule has 0 unspecified atom stereocenters. The number of primary sulfonamides is 1. The summed E-state index contributed by atoms with van der Waals surface area (Å²) >= 11 is 2.36. The van der Waals surface area contributed by atoms with Crippen LogP contribution in [0.15, 0.2) is 16.3 Å². The van der Waals surface area contributed by atoms with Crippen LogP contribution < -0.4 is 10.5 Å². The average molecular weight is 370 g/mol. The molecule has 0 aliphatic carbocycles. The largest absolute Gasteiger partial charge is 0.350 e. The first-order valence-corrected chi connectivity index (χ1v) is 8.94. The molecule has 0 saturated carbocycles. The number of carbonyl (C=O) groups is 1. The lowest BCUT2D eigenvalue weighted by Gasteiger charge is -2.09. The van der Waals surface area contributed by atoms with Gasteiger partial charge in [-0.1, -0.05) is 0 Å². The Morgan fingerprint density at radius 2 is 2.00 bits per heavy atom. The fraction of sp³-hybridized carbons (Fsp3) is 0.364. The van der Waals surface area contributed by atoms with Gasteiger partial charge < -0.3 is 10.2 Å². The van der Waals surface area contributed by atoms with Gasteiger partial charge in [-0.25, -0.2) is 13.6 Å². The van der Waals surface area contributed by atoms with Crippen molar-refractivity contribution in [2.24, 2.45) is 5.14 Å². The monoisotopic (exact) mass is 369 g/mol. The van der Waals surface area contributed by atoms with Crippen molar-refractivity contribution in [3.63, 3.8) is 0 Å². The number of amides is 1. The molecule has 1 amide bonds. The Labute approximate surface area is 137 Å². The number of carbonyl (C=O) groups excluding carboxylic acids is 1. The van der Waals surface area contributed by atoms with Crippen LogP contribution in [0.25, 0.3) is 9.40 Å². The molecule has 2 rings (SSSR count). The minimum atomic E-state index is -3.67. The van der Waals surface area contributed by atoms with E-state index in [0.29, 0.717) is 11.4 Å². The lowest BCUT2D eigenvalue weighted by molar-refractivity contribution is 0.0955. The van der Waals surface area contributed by atoms with Gasteiger partial charge in [0.2, 0.25) is 10.0 Å². The second-order valence-electron chi connectivity index (χ2n) is 4.52. The number of rotatable bonds is 5. The van der Waals surface area contributed by atoms with E-state index in [1.165, 1.54) is 17.4 Å². The van der Waals surface area contributed by atoms with Crippen LogP contribution in [0.4, 0.5) is 0 Å². The summed E-state index contributed by atoms with van der Waals surface area (Å²) in [4.78, 5) is 14.5. The molecule has 0 aliphatic heterocycles. The molecule has 0 spiro atoms. The van der Waals surface area contributed by atoms with Crippen molar-refractivity contribution in [3.8, 4) is 0 Å². The van der Waals surface area contributed by atoms with Gasteiger partial charge in [-0.15, -0.1) is 35.1 Å². The van der Waals surface area contributed by atoms with Crippen LogP contribution in [-0.4, -0.2) is 46.4 Å². The Bertz CT molecular complexity index is 705. The highest BCUT2D eigenvalue weighted by Gasteiger charge is 2.16. The SMILES string of the molecule is CN(C)CCNC(=O)c1cc2cc(S(N)(=O)=O)sc2s1.Cl. The predicted molar refractivity (Wildman–Crippen MR) is 89.2 cm³/mol. The van der Waals surface area contributed by atoms with Gasteiger partial charge in [0.05, 0.1) is 8.89 Å². The molecular formula is C11H16ClN3O3S3. The second-order valence-corrected chi connectivity index (χ2v) is 8.67. The van der Waals surface area contributed by atoms with Crippen molar-refractivity contribution in [2.45, 2.75) is 4.21 Å². The number of thiophene rings is 2. The third-order valence-corrected chi connectivity index (χ3v) is 6.35. The molecule has 0 fully saturated rings. The fourth-order valence-corrected chi connectivity index (χ4v) is 4.81. The first kappa shape index (κ1) is 18.3. The average Bonchev–Trinajstić information content (AvgIpc) is 2.84. The van der Waals surface area contributed by atoms with Gasteiger partial charge in [0.1, 0.15) is 4.21 Å². The Kier molecular flexibility index (Phi) is 6.14. The second kappa shape index (κ2) is 7.03. The summed E-state index contributed by atoms with van der Waals surface area (Å²) in [6.45, 7) is 1.33. The van der Waals surface area contributed by atoms with Crippen molar-refractivity contribution in [2.75, 3.05) is 27.2 Å². The van der Waals surface area contributed by atoms with E-state index in [-0.39, 0.29) is 22.5 Å². The highest BCUT2D eigenvalue weighted by atomic mass is 35.5. The van der Waals surface area contributed by atoms with Gasteiger partial charge in [-0.2, -0.15) is 0 Å². The maximum Gasteiger partial charge on any atom is 0.261 e. The standard InChI is InChI=1S/C11H15N3O3S3.ClH/c1-14(2)4-3-13-10(15)8-5-7-6-9(20(12,16)17)19-11(7)18-8;/h5-6H,3-4H2,1-2H3,(H,13,15)(H2,12,16,17);1H. The van der Waals surface area contributed by atoms with Gasteiger partial charge in [0, 0.05) is 18.5 Å². The third-order valence-electron chi connectivity index (χ3n) is 2.54. The van der Waals surface area contributed by atoms with Crippen molar-refractivity contribution >= 4 is 60.4 Å². The Morgan fingerprint density at radius 1 is 1.33 bits per heavy atom. The summed E-state index contributed by atoms with van der Waals surface area (Å²) in [5.41, 5.74) is 0. The molecule has 0 saturated heterocycles. The van der Waals surface area contributed by atoms with Crippen molar-refractivity contribution in [1.82, 2.24) is 10.2 Å². The summed E-state index contributed by atoms with van der Waals surface area (Å²) in [5.74, 6) is -0.141. The Hall–Kier alpha value is -0.710. The zero-order valence-electron chi connectivity index (χ0n) is 11.5. The van der Waals surface area contributed by atoms with Crippen LogP contribution in [0.1, 0.15) is 9.67 Å². The Morgan fingerprint density at radius 3 is 2.52 bits per heavy atom. The molecule has 2 heterocycles. The summed E-state index contributed by atoms with van der Waals surface area (Å²) in [6.07, 6.45) is 0. The number of hydrogen-bond acceptors (Lipinski definition) is 6. The van der Waals surface area contributed by atoms with E-state index in [0.717, 1.165) is 27.3 Å². The van der Waals surface area contributed by atoms with Crippen LogP contribution in [0, 0.1) is 0 Å². The smallest absolute Gasteiger partial charge is 0.261 e. The number of nitrogens with one attached hydrogen (secondary N) is 1. The van der Waals surface area contributed by atoms with E-state index in [9.17, 15) is 13.2 Å². The minimum Gasteiger partial charge on any atom is -0.350 e. The molecular weight excluding hydrogens is 354 g/mol. The van der Waals surface area contributed by atoms with Crippen LogP contribution in [0.5, 0.6) is 0 Å². The topological polar surface area (TPSA) is 92.5 Å². The molecule has 0 aliphatic rings. The third kappa shape index (κ3) is 4.63. The number of fused-ring (bicyclic) bond motifs is 1. The van der Waals surface area contributed by atoms with Crippen molar-refractivity contribution in [1.29, 1.82) is 0 Å². The summed E-state index contributed by atoms with van der Waals surface area (Å²) < 4.78 is 23.4. The van der Waals surface area contributed by atoms with E-state index in [4.69, 9.17) is 5.14 Å². The molecule has 0 atom stereocenters. The normalized spacial score (nSPS) is 11.6. The number of sulfonamides is 1. The molecule has 2 aromatic rings. The molecule has 0 aromatic carbocycles. The summed E-state index contributed by atoms with van der Waals surface area (Å²) in [5, 5.41) is 8.63. The molecule has 0 radical (unpaired) electrons. The summed E-state index contributed by atoms with van der Waals surface area (Å²) in [6, 6.07) is 3.19. The number of hydrogen-bond donors (Lipinski definition) is 2. The molecule has 2 aromatic heterocycles. The molecule has 118 valence electrons. The van der Waals surface area contributed by atoms with Crippen LogP contribution in [-0.2, 0) is 10.0 Å². The lowest BCUT2D eigenvalue weighted by atomic mass is 10.3. The molecule has 3 N–H and O–H groups in total. The molecule has 21 heavy (non-hydrogen) atoms. The van der Waals surface area contributed by atoms with E-state index < -0.39 is 10.0 Å². The van der Waals surface area contributed by atoms with Gasteiger partial charge in [0.25, 0.3) is 5.91 Å². The van der Waals surface area contributed by atoms with Gasteiger partial charge in [-0.3, -0.25) is 4.79 Å². The van der Waals surface area contributed by atoms with E-state index in [2.05, 4.69) is 5.32 Å². The Balaban J connectivity index is 0.00000220. The van der Waals surface area contributed by atoms with E-state index in [1.54, 1.807) is 6.07 Å². The van der Waals surface area contributed by atoms with Crippen LogP contribution >= 0.6 is 35.1 Å². The maximum absolute atomic E-state index is 11.9. The van der Waals surface area contributed by atoms with Gasteiger partial charge in [-0.05, 0) is 26.2 Å². The highest BCUT2D eigenvalue weighted by Crippen LogP contribution is 2.35. The first-order chi connectivity index (χ1) is 9.27.